The van der Waals surface area contributed by atoms with Gasteiger partial charge in [0.05, 0.1) is 0 Å². The minimum Gasteiger partial charge on any atom is -0.353 e. The van der Waals surface area contributed by atoms with Gasteiger partial charge in [-0.05, 0) is 51.5 Å². The molecule has 3 rings (SSSR count). The summed E-state index contributed by atoms with van der Waals surface area (Å²) in [4.78, 5) is 12.4. The van der Waals surface area contributed by atoms with Crippen molar-refractivity contribution in [3.63, 3.8) is 0 Å². The number of amides is 1. The van der Waals surface area contributed by atoms with Crippen LogP contribution in [0.4, 0.5) is 0 Å². The maximum absolute atomic E-state index is 12.4. The highest BCUT2D eigenvalue weighted by atomic mass is 16.1. The van der Waals surface area contributed by atoms with E-state index in [4.69, 9.17) is 0 Å². The number of nitrogens with one attached hydrogen (secondary N) is 2. The molecule has 3 fully saturated rings. The zero-order valence-electron chi connectivity index (χ0n) is 12.0. The Bertz CT molecular complexity index is 317. The van der Waals surface area contributed by atoms with Crippen molar-refractivity contribution < 1.29 is 4.79 Å². The molecule has 1 amide bonds. The van der Waals surface area contributed by atoms with Gasteiger partial charge in [0, 0.05) is 17.5 Å². The normalized spacial score (nSPS) is 31.5. The van der Waals surface area contributed by atoms with Crippen LogP contribution in [0.5, 0.6) is 0 Å². The van der Waals surface area contributed by atoms with Crippen molar-refractivity contribution in [1.29, 1.82) is 0 Å². The molecule has 3 aliphatic rings. The van der Waals surface area contributed by atoms with Gasteiger partial charge in [0.2, 0.25) is 5.91 Å². The fraction of sp³-hybridized carbons (Fsp3) is 0.938. The minimum absolute atomic E-state index is 0.301. The van der Waals surface area contributed by atoms with E-state index in [1.165, 1.54) is 44.9 Å². The summed E-state index contributed by atoms with van der Waals surface area (Å²) < 4.78 is 0. The maximum atomic E-state index is 12.4. The molecule has 1 heterocycles. The van der Waals surface area contributed by atoms with Gasteiger partial charge in [-0.1, -0.05) is 25.7 Å². The van der Waals surface area contributed by atoms with Crippen molar-refractivity contribution in [1.82, 2.24) is 10.6 Å². The second-order valence-electron chi connectivity index (χ2n) is 6.95. The quantitative estimate of drug-likeness (QED) is 0.753. The molecule has 1 spiro atoms. The second kappa shape index (κ2) is 5.82. The van der Waals surface area contributed by atoms with Gasteiger partial charge in [-0.15, -0.1) is 0 Å². The van der Waals surface area contributed by atoms with Gasteiger partial charge in [0.1, 0.15) is 0 Å². The van der Waals surface area contributed by atoms with Crippen LogP contribution >= 0.6 is 0 Å². The molecule has 0 aromatic heterocycles. The predicted molar refractivity (Wildman–Crippen MR) is 76.9 cm³/mol. The van der Waals surface area contributed by atoms with E-state index in [0.29, 0.717) is 23.4 Å². The molecule has 1 atom stereocenters. The summed E-state index contributed by atoms with van der Waals surface area (Å²) in [5.74, 6) is 0.651. The summed E-state index contributed by atoms with van der Waals surface area (Å²) >= 11 is 0. The maximum Gasteiger partial charge on any atom is 0.223 e. The first-order chi connectivity index (χ1) is 9.27. The molecule has 3 nitrogen and oxygen atoms in total. The third kappa shape index (κ3) is 3.13. The number of rotatable bonds is 2. The molecule has 0 aromatic rings. The van der Waals surface area contributed by atoms with Crippen LogP contribution in [0.25, 0.3) is 0 Å². The monoisotopic (exact) mass is 264 g/mol. The van der Waals surface area contributed by atoms with Gasteiger partial charge in [0.25, 0.3) is 0 Å². The zero-order valence-corrected chi connectivity index (χ0v) is 12.0. The molecule has 2 saturated carbocycles. The van der Waals surface area contributed by atoms with Crippen LogP contribution in [-0.2, 0) is 4.79 Å². The van der Waals surface area contributed by atoms with Crippen LogP contribution in [0.2, 0.25) is 0 Å². The van der Waals surface area contributed by atoms with Crippen LogP contribution in [0, 0.1) is 5.92 Å². The summed E-state index contributed by atoms with van der Waals surface area (Å²) in [6.07, 6.45) is 13.6. The van der Waals surface area contributed by atoms with Gasteiger partial charge in [-0.3, -0.25) is 4.79 Å². The number of carbonyl (C=O) groups is 1. The summed E-state index contributed by atoms with van der Waals surface area (Å²) in [7, 11) is 0. The summed E-state index contributed by atoms with van der Waals surface area (Å²) in [5, 5.41) is 7.03. The highest BCUT2D eigenvalue weighted by molar-refractivity contribution is 5.79. The van der Waals surface area contributed by atoms with Crippen LogP contribution in [0.15, 0.2) is 0 Å². The van der Waals surface area contributed by atoms with Gasteiger partial charge in [-0.25, -0.2) is 0 Å². The predicted octanol–water partition coefficient (Wildman–Crippen LogP) is 2.75. The van der Waals surface area contributed by atoms with Crippen LogP contribution in [-0.4, -0.2) is 24.0 Å². The molecule has 0 radical (unpaired) electrons. The van der Waals surface area contributed by atoms with E-state index in [1.807, 2.05) is 0 Å². The molecule has 0 aromatic carbocycles. The third-order valence-electron chi connectivity index (χ3n) is 5.51. The minimum atomic E-state index is 0.301. The Hall–Kier alpha value is -0.570. The van der Waals surface area contributed by atoms with Crippen LogP contribution in [0.1, 0.15) is 70.6 Å². The molecular weight excluding hydrogens is 236 g/mol. The third-order valence-corrected chi connectivity index (χ3v) is 5.51. The lowest BCUT2D eigenvalue weighted by Gasteiger charge is -2.48. The van der Waals surface area contributed by atoms with Crippen molar-refractivity contribution in [3.8, 4) is 0 Å². The average molecular weight is 264 g/mol. The Labute approximate surface area is 116 Å². The van der Waals surface area contributed by atoms with Gasteiger partial charge in [0.15, 0.2) is 0 Å². The molecular formula is C16H28N2O. The second-order valence-corrected chi connectivity index (χ2v) is 6.95. The number of hydrogen-bond acceptors (Lipinski definition) is 2. The Morgan fingerprint density at radius 3 is 2.37 bits per heavy atom. The fourth-order valence-corrected chi connectivity index (χ4v) is 4.13. The smallest absolute Gasteiger partial charge is 0.223 e. The van der Waals surface area contributed by atoms with Crippen molar-refractivity contribution in [2.24, 2.45) is 5.92 Å². The lowest BCUT2D eigenvalue weighted by atomic mass is 9.70. The van der Waals surface area contributed by atoms with E-state index in [9.17, 15) is 4.79 Å². The van der Waals surface area contributed by atoms with Gasteiger partial charge < -0.3 is 10.6 Å². The zero-order chi connectivity index (χ0) is 13.1. The summed E-state index contributed by atoms with van der Waals surface area (Å²) in [5.41, 5.74) is 0.389. The molecule has 19 heavy (non-hydrogen) atoms. The lowest BCUT2D eigenvalue weighted by Crippen LogP contribution is -2.60. The molecule has 1 saturated heterocycles. The number of carbonyl (C=O) groups excluding carboxylic acids is 1. The number of hydrogen-bond donors (Lipinski definition) is 2. The molecule has 1 unspecified atom stereocenters. The Morgan fingerprint density at radius 2 is 1.74 bits per heavy atom. The van der Waals surface area contributed by atoms with Crippen molar-refractivity contribution in [3.05, 3.63) is 0 Å². The Morgan fingerprint density at radius 1 is 1.00 bits per heavy atom. The average Bonchev–Trinajstić information content (AvgIpc) is 2.66. The summed E-state index contributed by atoms with van der Waals surface area (Å²) in [6.45, 7) is 1.08. The Balaban J connectivity index is 1.50. The van der Waals surface area contributed by atoms with E-state index in [1.54, 1.807) is 0 Å². The fourth-order valence-electron chi connectivity index (χ4n) is 4.13. The molecule has 3 heteroatoms. The summed E-state index contributed by atoms with van der Waals surface area (Å²) in [6, 6.07) is 0.428. The highest BCUT2D eigenvalue weighted by Gasteiger charge is 2.41. The van der Waals surface area contributed by atoms with Crippen LogP contribution in [0.3, 0.4) is 0 Å². The Kier molecular flexibility index (Phi) is 4.11. The SMILES string of the molecule is O=C(NC1CCNC2(CCC2)C1)C1CCCCCC1. The van der Waals surface area contributed by atoms with Crippen molar-refractivity contribution in [2.45, 2.75) is 82.2 Å². The van der Waals surface area contributed by atoms with Crippen molar-refractivity contribution in [2.75, 3.05) is 6.54 Å². The van der Waals surface area contributed by atoms with E-state index in [-0.39, 0.29) is 0 Å². The van der Waals surface area contributed by atoms with Crippen LogP contribution < -0.4 is 10.6 Å². The van der Waals surface area contributed by atoms with E-state index in [2.05, 4.69) is 10.6 Å². The molecule has 108 valence electrons. The first-order valence-electron chi connectivity index (χ1n) is 8.33. The first kappa shape index (κ1) is 13.4. The molecule has 0 bridgehead atoms. The topological polar surface area (TPSA) is 41.1 Å². The molecule has 2 aliphatic carbocycles. The highest BCUT2D eigenvalue weighted by Crippen LogP contribution is 2.38. The standard InChI is InChI=1S/C16H28N2O/c19-15(13-6-3-1-2-4-7-13)18-14-8-11-17-16(12-14)9-5-10-16/h13-14,17H,1-12H2,(H,18,19). The van der Waals surface area contributed by atoms with E-state index in [0.717, 1.165) is 32.2 Å². The van der Waals surface area contributed by atoms with E-state index < -0.39 is 0 Å². The first-order valence-corrected chi connectivity index (χ1v) is 8.33. The molecule has 1 aliphatic heterocycles. The largest absolute Gasteiger partial charge is 0.353 e. The number of piperidine rings is 1. The van der Waals surface area contributed by atoms with E-state index >= 15 is 0 Å². The molecule has 2 N–H and O–H groups in total. The lowest BCUT2D eigenvalue weighted by molar-refractivity contribution is -0.126. The van der Waals surface area contributed by atoms with Gasteiger partial charge >= 0.3 is 0 Å². The van der Waals surface area contributed by atoms with Crippen molar-refractivity contribution >= 4 is 5.91 Å². The van der Waals surface area contributed by atoms with Gasteiger partial charge in [-0.2, -0.15) is 0 Å².